The zero-order valence-corrected chi connectivity index (χ0v) is 8.11. The molecule has 72 valence electrons. The van der Waals surface area contributed by atoms with Gasteiger partial charge in [-0.25, -0.2) is 0 Å². The Balaban J connectivity index is 1.91. The Hall–Kier alpha value is -0.830. The number of nitrogens with zero attached hydrogens (tertiary/aromatic N) is 2. The van der Waals surface area contributed by atoms with Crippen molar-refractivity contribution in [3.05, 3.63) is 18.0 Å². The number of hydrogen-bond donors (Lipinski definition) is 1. The summed E-state index contributed by atoms with van der Waals surface area (Å²) in [6.45, 7) is 0.852. The summed E-state index contributed by atoms with van der Waals surface area (Å²) in [4.78, 5) is 0. The normalized spacial score (nSPS) is 27.2. The van der Waals surface area contributed by atoms with Gasteiger partial charge in [0.05, 0.1) is 6.20 Å². The average Bonchev–Trinajstić information content (AvgIpc) is 2.46. The maximum Gasteiger partial charge on any atom is 0.0521 e. The molecule has 0 aromatic carbocycles. The lowest BCUT2D eigenvalue weighted by Gasteiger charge is -2.35. The molecule has 1 aliphatic rings. The van der Waals surface area contributed by atoms with Crippen molar-refractivity contribution in [3.8, 4) is 0 Å². The van der Waals surface area contributed by atoms with Crippen molar-refractivity contribution in [1.82, 2.24) is 9.78 Å². The Labute approximate surface area is 78.9 Å². The van der Waals surface area contributed by atoms with E-state index in [0.29, 0.717) is 0 Å². The van der Waals surface area contributed by atoms with E-state index in [1.807, 2.05) is 17.9 Å². The van der Waals surface area contributed by atoms with Gasteiger partial charge in [-0.3, -0.25) is 4.68 Å². The number of rotatable bonds is 3. The third-order valence-corrected chi connectivity index (χ3v) is 3.13. The molecule has 0 amide bonds. The first-order valence-electron chi connectivity index (χ1n) is 4.97. The number of nitrogens with two attached hydrogens (primary N) is 1. The summed E-state index contributed by atoms with van der Waals surface area (Å²) in [7, 11) is 1.96. The van der Waals surface area contributed by atoms with Crippen LogP contribution in [0.25, 0.3) is 0 Å². The highest BCUT2D eigenvalue weighted by atomic mass is 15.2. The molecule has 0 aliphatic heterocycles. The summed E-state index contributed by atoms with van der Waals surface area (Å²) in [6.07, 6.45) is 7.89. The summed E-state index contributed by atoms with van der Waals surface area (Å²) in [5.74, 6) is 1.58. The zero-order valence-electron chi connectivity index (χ0n) is 8.11. The molecule has 0 spiro atoms. The van der Waals surface area contributed by atoms with Gasteiger partial charge in [0.15, 0.2) is 0 Å². The number of aromatic nitrogens is 2. The van der Waals surface area contributed by atoms with Crippen LogP contribution in [-0.4, -0.2) is 16.3 Å². The Morgan fingerprint density at radius 3 is 2.77 bits per heavy atom. The lowest BCUT2D eigenvalue weighted by atomic mass is 9.71. The minimum Gasteiger partial charge on any atom is -0.330 e. The van der Waals surface area contributed by atoms with Gasteiger partial charge in [0.2, 0.25) is 0 Å². The van der Waals surface area contributed by atoms with Crippen LogP contribution in [0.3, 0.4) is 0 Å². The van der Waals surface area contributed by atoms with Gasteiger partial charge in [0, 0.05) is 13.2 Å². The zero-order chi connectivity index (χ0) is 9.26. The summed E-state index contributed by atoms with van der Waals surface area (Å²) in [6, 6.07) is 0. The molecule has 13 heavy (non-hydrogen) atoms. The monoisotopic (exact) mass is 179 g/mol. The Morgan fingerprint density at radius 2 is 2.31 bits per heavy atom. The van der Waals surface area contributed by atoms with Gasteiger partial charge >= 0.3 is 0 Å². The van der Waals surface area contributed by atoms with Crippen LogP contribution in [0.4, 0.5) is 0 Å². The topological polar surface area (TPSA) is 43.8 Å². The Bertz CT molecular complexity index is 277. The van der Waals surface area contributed by atoms with Crippen LogP contribution in [0.2, 0.25) is 0 Å². The fraction of sp³-hybridized carbons (Fsp3) is 0.700. The second kappa shape index (κ2) is 3.50. The molecule has 2 rings (SSSR count). The van der Waals surface area contributed by atoms with Gasteiger partial charge in [-0.2, -0.15) is 5.10 Å². The van der Waals surface area contributed by atoms with Crippen LogP contribution in [0, 0.1) is 11.8 Å². The second-order valence-corrected chi connectivity index (χ2v) is 4.06. The first-order valence-corrected chi connectivity index (χ1v) is 4.97. The molecule has 0 saturated heterocycles. The molecule has 2 N–H and O–H groups in total. The molecule has 1 saturated carbocycles. The summed E-state index contributed by atoms with van der Waals surface area (Å²) in [5, 5.41) is 4.16. The van der Waals surface area contributed by atoms with E-state index in [4.69, 9.17) is 5.73 Å². The Kier molecular flexibility index (Phi) is 2.36. The van der Waals surface area contributed by atoms with Crippen LogP contribution in [0.15, 0.2) is 12.4 Å². The van der Waals surface area contributed by atoms with Crippen molar-refractivity contribution in [2.45, 2.75) is 19.3 Å². The highest BCUT2D eigenvalue weighted by molar-refractivity contribution is 5.06. The fourth-order valence-electron chi connectivity index (χ4n) is 2.10. The van der Waals surface area contributed by atoms with Crippen LogP contribution < -0.4 is 5.73 Å². The third-order valence-electron chi connectivity index (χ3n) is 3.13. The van der Waals surface area contributed by atoms with Gasteiger partial charge in [0.1, 0.15) is 0 Å². The standard InChI is InChI=1S/C10H17N3/c1-13-7-8(6-12-13)4-9-2-3-10(9)5-11/h6-7,9-10H,2-5,11H2,1H3. The molecule has 1 aromatic heterocycles. The maximum absolute atomic E-state index is 5.66. The van der Waals surface area contributed by atoms with Crippen molar-refractivity contribution in [1.29, 1.82) is 0 Å². The highest BCUT2D eigenvalue weighted by Gasteiger charge is 2.29. The summed E-state index contributed by atoms with van der Waals surface area (Å²) >= 11 is 0. The van der Waals surface area contributed by atoms with Gasteiger partial charge in [0.25, 0.3) is 0 Å². The van der Waals surface area contributed by atoms with Gasteiger partial charge < -0.3 is 5.73 Å². The van der Waals surface area contributed by atoms with E-state index >= 15 is 0 Å². The van der Waals surface area contributed by atoms with E-state index in [9.17, 15) is 0 Å². The average molecular weight is 179 g/mol. The lowest BCUT2D eigenvalue weighted by Crippen LogP contribution is -2.33. The third kappa shape index (κ3) is 1.75. The second-order valence-electron chi connectivity index (χ2n) is 4.06. The van der Waals surface area contributed by atoms with Crippen molar-refractivity contribution in [2.24, 2.45) is 24.6 Å². The van der Waals surface area contributed by atoms with E-state index in [0.717, 1.165) is 24.8 Å². The molecule has 1 aliphatic carbocycles. The van der Waals surface area contributed by atoms with Crippen LogP contribution in [0.5, 0.6) is 0 Å². The number of aryl methyl sites for hydroxylation is 1. The van der Waals surface area contributed by atoms with Crippen molar-refractivity contribution < 1.29 is 0 Å². The fourth-order valence-corrected chi connectivity index (χ4v) is 2.10. The smallest absolute Gasteiger partial charge is 0.0521 e. The quantitative estimate of drug-likeness (QED) is 0.750. The van der Waals surface area contributed by atoms with Crippen molar-refractivity contribution >= 4 is 0 Å². The first-order chi connectivity index (χ1) is 6.29. The first kappa shape index (κ1) is 8.75. The molecule has 1 fully saturated rings. The van der Waals surface area contributed by atoms with E-state index in [1.54, 1.807) is 0 Å². The van der Waals surface area contributed by atoms with E-state index in [-0.39, 0.29) is 0 Å². The van der Waals surface area contributed by atoms with Gasteiger partial charge in [-0.1, -0.05) is 0 Å². The van der Waals surface area contributed by atoms with E-state index < -0.39 is 0 Å². The van der Waals surface area contributed by atoms with Crippen LogP contribution in [-0.2, 0) is 13.5 Å². The SMILES string of the molecule is Cn1cc(CC2CCC2CN)cn1. The van der Waals surface area contributed by atoms with Gasteiger partial charge in [-0.05, 0) is 43.2 Å². The molecule has 3 nitrogen and oxygen atoms in total. The molecule has 1 aromatic rings. The maximum atomic E-state index is 5.66. The molecule has 1 heterocycles. The molecule has 2 unspecified atom stereocenters. The molecular weight excluding hydrogens is 162 g/mol. The molecule has 3 heteroatoms. The summed E-state index contributed by atoms with van der Waals surface area (Å²) in [5.41, 5.74) is 7.01. The van der Waals surface area contributed by atoms with Gasteiger partial charge in [-0.15, -0.1) is 0 Å². The summed E-state index contributed by atoms with van der Waals surface area (Å²) < 4.78 is 1.87. The number of hydrogen-bond acceptors (Lipinski definition) is 2. The molecule has 0 radical (unpaired) electrons. The predicted octanol–water partition coefficient (Wildman–Crippen LogP) is 0.947. The van der Waals surface area contributed by atoms with Crippen molar-refractivity contribution in [3.63, 3.8) is 0 Å². The predicted molar refractivity (Wildman–Crippen MR) is 52.2 cm³/mol. The molecule has 2 atom stereocenters. The van der Waals surface area contributed by atoms with Crippen LogP contribution >= 0.6 is 0 Å². The minimum absolute atomic E-state index is 0.764. The molecule has 0 bridgehead atoms. The van der Waals surface area contributed by atoms with Crippen molar-refractivity contribution in [2.75, 3.05) is 6.54 Å². The van der Waals surface area contributed by atoms with Crippen LogP contribution in [0.1, 0.15) is 18.4 Å². The Morgan fingerprint density at radius 1 is 1.54 bits per heavy atom. The minimum atomic E-state index is 0.764. The lowest BCUT2D eigenvalue weighted by molar-refractivity contribution is 0.183. The molecular formula is C10H17N3. The van der Waals surface area contributed by atoms with E-state index in [1.165, 1.54) is 18.4 Å². The highest BCUT2D eigenvalue weighted by Crippen LogP contribution is 2.35. The largest absolute Gasteiger partial charge is 0.330 e. The van der Waals surface area contributed by atoms with E-state index in [2.05, 4.69) is 11.3 Å².